The van der Waals surface area contributed by atoms with Crippen LogP contribution in [-0.4, -0.2) is 142 Å². The zero-order chi connectivity index (χ0) is 47.2. The van der Waals surface area contributed by atoms with Crippen molar-refractivity contribution in [3.8, 4) is 0 Å². The number of hydrogen-bond donors (Lipinski definition) is 13. The van der Waals surface area contributed by atoms with Crippen LogP contribution in [0, 0.1) is 11.8 Å². The Morgan fingerprint density at radius 1 is 0.403 bits per heavy atom. The lowest BCUT2D eigenvalue weighted by Gasteiger charge is -2.22. The van der Waals surface area contributed by atoms with Gasteiger partial charge in [0.05, 0.1) is 39.3 Å². The quantitative estimate of drug-likeness (QED) is 0.0281. The highest BCUT2D eigenvalue weighted by Gasteiger charge is 2.27. The summed E-state index contributed by atoms with van der Waals surface area (Å²) in [6.45, 7) is 6.15. The summed E-state index contributed by atoms with van der Waals surface area (Å²) < 4.78 is 0. The van der Waals surface area contributed by atoms with Crippen LogP contribution in [0.1, 0.15) is 86.0 Å². The minimum Gasteiger partial charge on any atom is -0.368 e. The average molecular weight is 884 g/mol. The Morgan fingerprint density at radius 3 is 1.05 bits per heavy atom. The van der Waals surface area contributed by atoms with E-state index in [-0.39, 0.29) is 44.1 Å². The van der Waals surface area contributed by atoms with Crippen molar-refractivity contribution in [2.45, 2.75) is 110 Å². The molecule has 0 aromatic rings. The molecule has 0 rings (SSSR count). The molecule has 0 saturated carbocycles. The molecular formula is C38H69N13O11. The molecule has 0 unspecified atom stereocenters. The van der Waals surface area contributed by atoms with Crippen molar-refractivity contribution in [1.29, 1.82) is 0 Å². The monoisotopic (exact) mass is 884 g/mol. The van der Waals surface area contributed by atoms with Gasteiger partial charge in [-0.1, -0.05) is 27.7 Å². The van der Waals surface area contributed by atoms with Crippen molar-refractivity contribution < 1.29 is 52.7 Å². The fraction of sp³-hybridized carbons (Fsp3) is 0.711. The van der Waals surface area contributed by atoms with Crippen molar-refractivity contribution in [3.05, 3.63) is 0 Å². The molecule has 0 aliphatic rings. The SMILES string of the molecule is CC(=O)NCC(=O)N[C@@H](CCCCN)C(=O)NCC(=O)N[C@@H](CC(C)C)C(=O)NCC(=O)NCC(=O)N[C@@H](CCCCN)C(=O)NCC(=O)N[C@@H](CC(C)C)C(=O)NCC(N)=O. The fourth-order valence-electron chi connectivity index (χ4n) is 5.53. The van der Waals surface area contributed by atoms with E-state index in [1.165, 1.54) is 6.92 Å². The molecule has 352 valence electrons. The number of rotatable bonds is 32. The van der Waals surface area contributed by atoms with Gasteiger partial charge in [-0.25, -0.2) is 0 Å². The molecule has 11 amide bonds. The number of hydrogen-bond acceptors (Lipinski definition) is 13. The third kappa shape index (κ3) is 27.8. The third-order valence-electron chi connectivity index (χ3n) is 8.57. The van der Waals surface area contributed by atoms with Gasteiger partial charge in [0.1, 0.15) is 24.2 Å². The minimum atomic E-state index is -1.12. The number of nitrogens with two attached hydrogens (primary N) is 3. The zero-order valence-corrected chi connectivity index (χ0v) is 36.5. The molecule has 0 fully saturated rings. The zero-order valence-electron chi connectivity index (χ0n) is 36.5. The van der Waals surface area contributed by atoms with Gasteiger partial charge in [0.25, 0.3) is 0 Å². The lowest BCUT2D eigenvalue weighted by atomic mass is 10.0. The molecule has 0 aromatic carbocycles. The molecule has 24 nitrogen and oxygen atoms in total. The lowest BCUT2D eigenvalue weighted by molar-refractivity contribution is -0.133. The van der Waals surface area contributed by atoms with Crippen LogP contribution in [0.25, 0.3) is 0 Å². The maximum absolute atomic E-state index is 13.1. The summed E-state index contributed by atoms with van der Waals surface area (Å²) in [6, 6.07) is -4.25. The van der Waals surface area contributed by atoms with E-state index in [0.29, 0.717) is 38.8 Å². The van der Waals surface area contributed by atoms with Crippen LogP contribution in [0.15, 0.2) is 0 Å². The first-order valence-electron chi connectivity index (χ1n) is 20.7. The van der Waals surface area contributed by atoms with E-state index in [1.54, 1.807) is 13.8 Å². The third-order valence-corrected chi connectivity index (χ3v) is 8.57. The number of unbranched alkanes of at least 4 members (excludes halogenated alkanes) is 2. The van der Waals surface area contributed by atoms with Crippen LogP contribution < -0.4 is 70.4 Å². The molecule has 0 spiro atoms. The summed E-state index contributed by atoms with van der Waals surface area (Å²) in [5, 5.41) is 24.3. The Kier molecular flexibility index (Phi) is 28.9. The van der Waals surface area contributed by atoms with Crippen LogP contribution in [0.4, 0.5) is 0 Å². The van der Waals surface area contributed by atoms with E-state index in [0.717, 1.165) is 0 Å². The Bertz CT molecular complexity index is 1530. The van der Waals surface area contributed by atoms with Gasteiger partial charge in [-0.2, -0.15) is 0 Å². The Hall–Kier alpha value is -5.91. The van der Waals surface area contributed by atoms with Crippen LogP contribution in [0.5, 0.6) is 0 Å². The Morgan fingerprint density at radius 2 is 0.710 bits per heavy atom. The fourth-order valence-corrected chi connectivity index (χ4v) is 5.53. The number of carbonyl (C=O) groups excluding carboxylic acids is 11. The predicted molar refractivity (Wildman–Crippen MR) is 225 cm³/mol. The van der Waals surface area contributed by atoms with E-state index in [1.807, 2.05) is 13.8 Å². The van der Waals surface area contributed by atoms with Gasteiger partial charge in [-0.3, -0.25) is 52.7 Å². The van der Waals surface area contributed by atoms with Crippen molar-refractivity contribution in [3.63, 3.8) is 0 Å². The Balaban J connectivity index is 5.24. The molecule has 24 heteroatoms. The summed E-state index contributed by atoms with van der Waals surface area (Å²) in [4.78, 5) is 137. The summed E-state index contributed by atoms with van der Waals surface area (Å²) in [5.41, 5.74) is 16.2. The second-order valence-electron chi connectivity index (χ2n) is 15.3. The van der Waals surface area contributed by atoms with Crippen molar-refractivity contribution in [2.24, 2.45) is 29.0 Å². The van der Waals surface area contributed by atoms with Crippen LogP contribution in [-0.2, 0) is 52.7 Å². The van der Waals surface area contributed by atoms with E-state index in [9.17, 15) is 52.7 Å². The van der Waals surface area contributed by atoms with Crippen molar-refractivity contribution in [1.82, 2.24) is 53.2 Å². The number of amides is 11. The van der Waals surface area contributed by atoms with Gasteiger partial charge in [-0.15, -0.1) is 0 Å². The Labute approximate surface area is 362 Å². The highest BCUT2D eigenvalue weighted by atomic mass is 16.2. The topological polar surface area (TPSA) is 386 Å². The van der Waals surface area contributed by atoms with Gasteiger partial charge in [-0.05, 0) is 76.3 Å². The summed E-state index contributed by atoms with van der Waals surface area (Å²) in [5.74, 6) is -7.59. The standard InChI is InChI=1S/C38H69N13O11/c1-22(2)14-27(37(61)44-16-29(41)53)50-33(57)20-47-36(60)26(11-7-9-13-40)49-32(56)19-43-30(54)17-45-38(62)28(15-23(3)4)51-34(58)21-46-35(59)25(10-6-8-12-39)48-31(55)18-42-24(5)52/h22-23,25-28H,6-21,39-40H2,1-5H3,(H2,41,53)(H,42,52)(H,43,54)(H,44,61)(H,45,62)(H,46,59)(H,47,60)(H,48,55)(H,49,56)(H,50,57)(H,51,58)/t25-,26-,27-,28-/m0/s1. The van der Waals surface area contributed by atoms with E-state index < -0.39 is 122 Å². The number of nitrogens with one attached hydrogen (secondary N) is 10. The van der Waals surface area contributed by atoms with Crippen LogP contribution in [0.3, 0.4) is 0 Å². The van der Waals surface area contributed by atoms with E-state index in [4.69, 9.17) is 17.2 Å². The number of carbonyl (C=O) groups is 11. The summed E-state index contributed by atoms with van der Waals surface area (Å²) in [6.07, 6.45) is 2.80. The molecule has 16 N–H and O–H groups in total. The van der Waals surface area contributed by atoms with Crippen molar-refractivity contribution >= 4 is 65.0 Å². The highest BCUT2D eigenvalue weighted by Crippen LogP contribution is 2.07. The molecule has 0 radical (unpaired) electrons. The van der Waals surface area contributed by atoms with Crippen molar-refractivity contribution in [2.75, 3.05) is 52.4 Å². The first-order chi connectivity index (χ1) is 29.2. The average Bonchev–Trinajstić information content (AvgIpc) is 3.19. The maximum Gasteiger partial charge on any atom is 0.243 e. The largest absolute Gasteiger partial charge is 0.368 e. The molecule has 4 atom stereocenters. The maximum atomic E-state index is 13.1. The highest BCUT2D eigenvalue weighted by molar-refractivity contribution is 5.96. The van der Waals surface area contributed by atoms with Gasteiger partial charge < -0.3 is 70.4 Å². The predicted octanol–water partition coefficient (Wildman–Crippen LogP) is -5.52. The minimum absolute atomic E-state index is 0.0133. The van der Waals surface area contributed by atoms with Crippen LogP contribution >= 0.6 is 0 Å². The smallest absolute Gasteiger partial charge is 0.243 e. The first-order valence-corrected chi connectivity index (χ1v) is 20.7. The first kappa shape index (κ1) is 56.1. The van der Waals surface area contributed by atoms with Gasteiger partial charge >= 0.3 is 0 Å². The molecule has 62 heavy (non-hydrogen) atoms. The van der Waals surface area contributed by atoms with Gasteiger partial charge in [0.15, 0.2) is 0 Å². The molecule has 0 saturated heterocycles. The van der Waals surface area contributed by atoms with Gasteiger partial charge in [0.2, 0.25) is 65.0 Å². The lowest BCUT2D eigenvalue weighted by Crippen LogP contribution is -2.54. The molecule has 0 aromatic heterocycles. The molecular weight excluding hydrogens is 814 g/mol. The molecule has 0 heterocycles. The van der Waals surface area contributed by atoms with Crippen LogP contribution in [0.2, 0.25) is 0 Å². The van der Waals surface area contributed by atoms with Gasteiger partial charge in [0, 0.05) is 6.92 Å². The normalized spacial score (nSPS) is 12.7. The van der Waals surface area contributed by atoms with E-state index >= 15 is 0 Å². The molecule has 0 aliphatic heterocycles. The second kappa shape index (κ2) is 31.9. The summed E-state index contributed by atoms with van der Waals surface area (Å²) in [7, 11) is 0. The second-order valence-corrected chi connectivity index (χ2v) is 15.3. The van der Waals surface area contributed by atoms with E-state index in [2.05, 4.69) is 53.2 Å². The summed E-state index contributed by atoms with van der Waals surface area (Å²) >= 11 is 0. The molecule has 0 aliphatic carbocycles. The number of primary amides is 1. The molecule has 0 bridgehead atoms.